The van der Waals surface area contributed by atoms with Gasteiger partial charge in [-0.15, -0.1) is 0 Å². The lowest BCUT2D eigenvalue weighted by Gasteiger charge is -2.32. The molecule has 1 aromatic carbocycles. The highest BCUT2D eigenvalue weighted by Crippen LogP contribution is 2.27. The van der Waals surface area contributed by atoms with Gasteiger partial charge in [0, 0.05) is 5.39 Å². The second-order valence-electron chi connectivity index (χ2n) is 7.48. The topological polar surface area (TPSA) is 138 Å². The quantitative estimate of drug-likeness (QED) is 0.634. The van der Waals surface area contributed by atoms with Crippen LogP contribution in [0.1, 0.15) is 35.9 Å². The summed E-state index contributed by atoms with van der Waals surface area (Å²) in [5.41, 5.74) is -1.06. The molecule has 4 rings (SSSR count). The van der Waals surface area contributed by atoms with E-state index in [0.29, 0.717) is 23.2 Å². The number of rotatable bonds is 3. The van der Waals surface area contributed by atoms with Crippen molar-refractivity contribution in [2.75, 3.05) is 13.7 Å². The zero-order valence-corrected chi connectivity index (χ0v) is 17.2. The van der Waals surface area contributed by atoms with Gasteiger partial charge in [-0.25, -0.2) is 9.78 Å². The summed E-state index contributed by atoms with van der Waals surface area (Å²) < 4.78 is 12.8. The molecule has 3 aromatic rings. The van der Waals surface area contributed by atoms with Crippen molar-refractivity contribution in [1.82, 2.24) is 24.6 Å². The summed E-state index contributed by atoms with van der Waals surface area (Å²) in [6.45, 7) is 3.92. The van der Waals surface area contributed by atoms with Crippen molar-refractivity contribution in [1.29, 1.82) is 0 Å². The number of methoxy groups -OCH3 is 1. The molecular weight excluding hydrogens is 406 g/mol. The molecule has 1 amide bonds. The fraction of sp³-hybridized carbons (Fsp3) is 0.350. The number of nitrogens with zero attached hydrogens (tertiary/aromatic N) is 4. The van der Waals surface area contributed by atoms with Crippen LogP contribution in [0.5, 0.6) is 5.75 Å². The van der Waals surface area contributed by atoms with Crippen LogP contribution in [0, 0.1) is 0 Å². The molecule has 0 atom stereocenters. The molecule has 11 heteroatoms. The summed E-state index contributed by atoms with van der Waals surface area (Å²) in [5, 5.41) is 17.8. The van der Waals surface area contributed by atoms with Crippen LogP contribution in [-0.2, 0) is 28.2 Å². The van der Waals surface area contributed by atoms with E-state index in [2.05, 4.69) is 15.4 Å². The number of benzene rings is 1. The molecule has 0 radical (unpaired) electrons. The molecule has 2 N–H and O–H groups in total. The van der Waals surface area contributed by atoms with Crippen molar-refractivity contribution in [2.45, 2.75) is 32.5 Å². The molecule has 0 fully saturated rings. The number of fused-ring (bicyclic) bond motifs is 2. The van der Waals surface area contributed by atoms with Crippen molar-refractivity contribution in [2.24, 2.45) is 0 Å². The summed E-state index contributed by atoms with van der Waals surface area (Å²) in [6.07, 6.45) is -0.668. The highest BCUT2D eigenvalue weighted by Gasteiger charge is 2.34. The predicted octanol–water partition coefficient (Wildman–Crippen LogP) is 1.11. The Kier molecular flexibility index (Phi) is 4.97. The van der Waals surface area contributed by atoms with Gasteiger partial charge in [0.25, 0.3) is 11.5 Å². The average Bonchev–Trinajstić information content (AvgIpc) is 3.13. The monoisotopic (exact) mass is 427 g/mol. The van der Waals surface area contributed by atoms with Crippen LogP contribution in [0.2, 0.25) is 0 Å². The van der Waals surface area contributed by atoms with E-state index in [0.717, 1.165) is 4.68 Å². The van der Waals surface area contributed by atoms with E-state index in [9.17, 15) is 19.5 Å². The molecule has 0 aliphatic carbocycles. The van der Waals surface area contributed by atoms with Crippen molar-refractivity contribution in [3.8, 4) is 5.75 Å². The van der Waals surface area contributed by atoms with Crippen LogP contribution in [0.3, 0.4) is 0 Å². The first-order valence-corrected chi connectivity index (χ1v) is 9.56. The number of ether oxygens (including phenoxy) is 2. The minimum Gasteiger partial charge on any atom is -0.501 e. The molecule has 11 nitrogen and oxygen atoms in total. The van der Waals surface area contributed by atoms with E-state index in [1.165, 1.54) is 11.7 Å². The third-order valence-electron chi connectivity index (χ3n) is 5.10. The molecule has 0 spiro atoms. The first kappa shape index (κ1) is 20.5. The Morgan fingerprint density at radius 3 is 2.81 bits per heavy atom. The lowest BCUT2D eigenvalue weighted by atomic mass is 10.1. The van der Waals surface area contributed by atoms with Crippen molar-refractivity contribution in [3.63, 3.8) is 0 Å². The number of para-hydroxylation sites is 1. The van der Waals surface area contributed by atoms with E-state index >= 15 is 0 Å². The number of hydrogen-bond acceptors (Lipinski definition) is 8. The van der Waals surface area contributed by atoms with Gasteiger partial charge in [-0.05, 0) is 19.9 Å². The van der Waals surface area contributed by atoms with Crippen molar-refractivity contribution in [3.05, 3.63) is 51.8 Å². The summed E-state index contributed by atoms with van der Waals surface area (Å²) in [6, 6.07) is 6.98. The van der Waals surface area contributed by atoms with Gasteiger partial charge in [-0.1, -0.05) is 18.2 Å². The Morgan fingerprint density at radius 1 is 1.32 bits per heavy atom. The Morgan fingerprint density at radius 2 is 2.06 bits per heavy atom. The SMILES string of the molecule is COC(=O)n1nc(CNC(=O)c2nc3n(c(=O)c2O)CCOC3(C)C)c2ccccc21. The lowest BCUT2D eigenvalue weighted by Crippen LogP contribution is -2.42. The van der Waals surface area contributed by atoms with Gasteiger partial charge in [0.15, 0.2) is 5.69 Å². The smallest absolute Gasteiger partial charge is 0.434 e. The van der Waals surface area contributed by atoms with Crippen molar-refractivity contribution < 1.29 is 24.2 Å². The number of nitrogens with one attached hydrogen (secondary N) is 1. The normalized spacial score (nSPS) is 14.8. The van der Waals surface area contributed by atoms with Crippen LogP contribution >= 0.6 is 0 Å². The molecule has 1 aliphatic heterocycles. The standard InChI is InChI=1S/C20H21N5O6/c1-20(2)18-22-14(15(26)17(28)24(18)8-9-31-20)16(27)21-10-12-11-6-4-5-7-13(11)25(23-12)19(29)30-3/h4-7,26H,8-10H2,1-3H3,(H,21,27). The van der Waals surface area contributed by atoms with Gasteiger partial charge in [0.2, 0.25) is 5.75 Å². The largest absolute Gasteiger partial charge is 0.501 e. The number of carbonyl (C=O) groups is 2. The van der Waals surface area contributed by atoms with E-state index in [-0.39, 0.29) is 18.9 Å². The van der Waals surface area contributed by atoms with Gasteiger partial charge in [0.1, 0.15) is 11.4 Å². The van der Waals surface area contributed by atoms with Gasteiger partial charge < -0.3 is 19.9 Å². The van der Waals surface area contributed by atoms with Gasteiger partial charge in [-0.3, -0.25) is 14.2 Å². The Balaban J connectivity index is 1.66. The molecule has 0 saturated carbocycles. The van der Waals surface area contributed by atoms with Gasteiger partial charge in [-0.2, -0.15) is 9.78 Å². The fourth-order valence-corrected chi connectivity index (χ4v) is 3.56. The minimum atomic E-state index is -0.893. The van der Waals surface area contributed by atoms with Crippen molar-refractivity contribution >= 4 is 22.9 Å². The number of amides is 1. The second kappa shape index (κ2) is 7.51. The number of aromatic nitrogens is 4. The maximum Gasteiger partial charge on any atom is 0.434 e. The van der Waals surface area contributed by atoms with Crippen LogP contribution in [-0.4, -0.2) is 50.2 Å². The summed E-state index contributed by atoms with van der Waals surface area (Å²) in [5.74, 6) is -1.23. The highest BCUT2D eigenvalue weighted by atomic mass is 16.5. The Bertz CT molecular complexity index is 1260. The summed E-state index contributed by atoms with van der Waals surface area (Å²) in [7, 11) is 1.24. The molecule has 0 unspecified atom stereocenters. The Hall–Kier alpha value is -3.73. The minimum absolute atomic E-state index is 0.0667. The van der Waals surface area contributed by atoms with Crippen LogP contribution in [0.25, 0.3) is 10.9 Å². The zero-order chi connectivity index (χ0) is 22.3. The predicted molar refractivity (Wildman–Crippen MR) is 108 cm³/mol. The van der Waals surface area contributed by atoms with E-state index in [1.54, 1.807) is 38.1 Å². The number of aromatic hydroxyl groups is 1. The molecule has 0 bridgehead atoms. The first-order valence-electron chi connectivity index (χ1n) is 9.56. The van der Waals surface area contributed by atoms with Crippen LogP contribution in [0.4, 0.5) is 4.79 Å². The third-order valence-corrected chi connectivity index (χ3v) is 5.10. The highest BCUT2D eigenvalue weighted by molar-refractivity contribution is 5.95. The van der Waals surface area contributed by atoms with Crippen LogP contribution in [0.15, 0.2) is 29.1 Å². The van der Waals surface area contributed by atoms with E-state index in [1.807, 2.05) is 0 Å². The zero-order valence-electron chi connectivity index (χ0n) is 17.2. The maximum absolute atomic E-state index is 12.8. The first-order chi connectivity index (χ1) is 14.7. The van der Waals surface area contributed by atoms with Gasteiger partial charge in [0.05, 0.1) is 38.0 Å². The van der Waals surface area contributed by atoms with E-state index in [4.69, 9.17) is 9.47 Å². The fourth-order valence-electron chi connectivity index (χ4n) is 3.56. The lowest BCUT2D eigenvalue weighted by molar-refractivity contribution is -0.0566. The average molecular weight is 427 g/mol. The summed E-state index contributed by atoms with van der Waals surface area (Å²) >= 11 is 0. The molecule has 1 aliphatic rings. The molecular formula is C20H21N5O6. The number of hydrogen-bond donors (Lipinski definition) is 2. The molecule has 162 valence electrons. The molecule has 31 heavy (non-hydrogen) atoms. The maximum atomic E-state index is 12.8. The van der Waals surface area contributed by atoms with Gasteiger partial charge >= 0.3 is 6.09 Å². The molecule has 3 heterocycles. The van der Waals surface area contributed by atoms with E-state index < -0.39 is 34.6 Å². The number of carbonyl (C=O) groups excluding carboxylic acids is 2. The van der Waals surface area contributed by atoms with Crippen LogP contribution < -0.4 is 10.9 Å². The third kappa shape index (κ3) is 3.42. The molecule has 2 aromatic heterocycles. The summed E-state index contributed by atoms with van der Waals surface area (Å²) in [4.78, 5) is 41.5. The second-order valence-corrected chi connectivity index (χ2v) is 7.48. The Labute approximate surface area is 176 Å². The molecule has 0 saturated heterocycles.